The summed E-state index contributed by atoms with van der Waals surface area (Å²) in [5, 5.41) is 0. The molecule has 0 aromatic heterocycles. The lowest BCUT2D eigenvalue weighted by Gasteiger charge is -2.11. The summed E-state index contributed by atoms with van der Waals surface area (Å²) >= 11 is 6.95. The Balaban J connectivity index is 2.40. The van der Waals surface area contributed by atoms with Gasteiger partial charge >= 0.3 is 0 Å². The van der Waals surface area contributed by atoms with E-state index in [0.717, 1.165) is 33.5 Å². The van der Waals surface area contributed by atoms with Gasteiger partial charge in [-0.2, -0.15) is 0 Å². The van der Waals surface area contributed by atoms with Crippen molar-refractivity contribution in [2.45, 2.75) is 39.0 Å². The molecule has 2 nitrogen and oxygen atoms in total. The Labute approximate surface area is 126 Å². The van der Waals surface area contributed by atoms with Gasteiger partial charge in [0.1, 0.15) is 11.5 Å². The summed E-state index contributed by atoms with van der Waals surface area (Å²) in [5.74, 6) is 1.66. The van der Waals surface area contributed by atoms with Gasteiger partial charge in [-0.05, 0) is 50.4 Å². The topological polar surface area (TPSA) is 18.5 Å². The summed E-state index contributed by atoms with van der Waals surface area (Å²) in [4.78, 5) is 0. The SMILES string of the molecule is CCCCCCCOc1cc(Br)c(OC)cc1Br. The number of hydrogen-bond donors (Lipinski definition) is 0. The van der Waals surface area contributed by atoms with Crippen molar-refractivity contribution in [2.75, 3.05) is 13.7 Å². The second-order valence-electron chi connectivity index (χ2n) is 4.18. The first-order valence-corrected chi connectivity index (χ1v) is 7.93. The monoisotopic (exact) mass is 378 g/mol. The van der Waals surface area contributed by atoms with Crippen molar-refractivity contribution in [1.29, 1.82) is 0 Å². The van der Waals surface area contributed by atoms with E-state index in [1.165, 1.54) is 25.7 Å². The van der Waals surface area contributed by atoms with Crippen LogP contribution in [-0.4, -0.2) is 13.7 Å². The van der Waals surface area contributed by atoms with E-state index in [1.807, 2.05) is 12.1 Å². The standard InChI is InChI=1S/C14H20Br2O2/c1-3-4-5-6-7-8-18-14-10-11(15)13(17-2)9-12(14)16/h9-10H,3-8H2,1-2H3. The van der Waals surface area contributed by atoms with E-state index in [4.69, 9.17) is 9.47 Å². The van der Waals surface area contributed by atoms with Crippen LogP contribution in [0.1, 0.15) is 39.0 Å². The van der Waals surface area contributed by atoms with Gasteiger partial charge in [-0.3, -0.25) is 0 Å². The lowest BCUT2D eigenvalue weighted by molar-refractivity contribution is 0.301. The van der Waals surface area contributed by atoms with Crippen molar-refractivity contribution in [1.82, 2.24) is 0 Å². The van der Waals surface area contributed by atoms with Crippen LogP contribution in [0.15, 0.2) is 21.1 Å². The predicted molar refractivity (Wildman–Crippen MR) is 82.6 cm³/mol. The van der Waals surface area contributed by atoms with E-state index in [9.17, 15) is 0 Å². The third-order valence-electron chi connectivity index (χ3n) is 2.71. The molecule has 0 fully saturated rings. The highest BCUT2D eigenvalue weighted by molar-refractivity contribution is 9.11. The first-order valence-electron chi connectivity index (χ1n) is 6.34. The molecule has 4 heteroatoms. The maximum atomic E-state index is 5.76. The highest BCUT2D eigenvalue weighted by atomic mass is 79.9. The number of unbranched alkanes of at least 4 members (excludes halogenated alkanes) is 4. The van der Waals surface area contributed by atoms with Crippen molar-refractivity contribution >= 4 is 31.9 Å². The molecule has 102 valence electrons. The summed E-state index contributed by atoms with van der Waals surface area (Å²) in [5.41, 5.74) is 0. The van der Waals surface area contributed by atoms with Crippen LogP contribution < -0.4 is 9.47 Å². The van der Waals surface area contributed by atoms with E-state index in [1.54, 1.807) is 7.11 Å². The molecule has 0 heterocycles. The van der Waals surface area contributed by atoms with Crippen LogP contribution in [0, 0.1) is 0 Å². The maximum Gasteiger partial charge on any atom is 0.134 e. The van der Waals surface area contributed by atoms with Crippen molar-refractivity contribution in [3.63, 3.8) is 0 Å². The Morgan fingerprint density at radius 1 is 0.944 bits per heavy atom. The molecule has 0 saturated heterocycles. The smallest absolute Gasteiger partial charge is 0.134 e. The van der Waals surface area contributed by atoms with Gasteiger partial charge in [-0.15, -0.1) is 0 Å². The molecule has 18 heavy (non-hydrogen) atoms. The lowest BCUT2D eigenvalue weighted by atomic mass is 10.2. The second-order valence-corrected chi connectivity index (χ2v) is 5.89. The van der Waals surface area contributed by atoms with Gasteiger partial charge in [-0.1, -0.05) is 32.6 Å². The molecule has 0 radical (unpaired) electrons. The van der Waals surface area contributed by atoms with Crippen molar-refractivity contribution in [2.24, 2.45) is 0 Å². The third-order valence-corrected chi connectivity index (χ3v) is 3.95. The van der Waals surface area contributed by atoms with E-state index in [2.05, 4.69) is 38.8 Å². The van der Waals surface area contributed by atoms with Crippen LogP contribution in [0.25, 0.3) is 0 Å². The number of rotatable bonds is 8. The van der Waals surface area contributed by atoms with Gasteiger partial charge in [0, 0.05) is 0 Å². The fourth-order valence-corrected chi connectivity index (χ4v) is 2.59. The van der Waals surface area contributed by atoms with E-state index in [-0.39, 0.29) is 0 Å². The molecule has 0 amide bonds. The molecule has 1 aromatic rings. The number of ether oxygens (including phenoxy) is 2. The molecule has 0 aliphatic heterocycles. The van der Waals surface area contributed by atoms with Crippen molar-refractivity contribution in [3.8, 4) is 11.5 Å². The largest absolute Gasteiger partial charge is 0.496 e. The van der Waals surface area contributed by atoms with Crippen LogP contribution >= 0.6 is 31.9 Å². The fraction of sp³-hybridized carbons (Fsp3) is 0.571. The molecule has 0 N–H and O–H groups in total. The zero-order valence-corrected chi connectivity index (χ0v) is 14.1. The molecule has 0 unspecified atom stereocenters. The number of benzene rings is 1. The molecule has 0 bridgehead atoms. The highest BCUT2D eigenvalue weighted by Crippen LogP contribution is 2.36. The lowest BCUT2D eigenvalue weighted by Crippen LogP contribution is -1.98. The van der Waals surface area contributed by atoms with Crippen LogP contribution in [0.3, 0.4) is 0 Å². The summed E-state index contributed by atoms with van der Waals surface area (Å²) < 4.78 is 12.8. The quantitative estimate of drug-likeness (QED) is 0.549. The molecule has 0 spiro atoms. The Kier molecular flexibility index (Phi) is 7.75. The summed E-state index contributed by atoms with van der Waals surface area (Å²) in [7, 11) is 1.65. The molecule has 1 aromatic carbocycles. The fourth-order valence-electron chi connectivity index (χ4n) is 1.67. The van der Waals surface area contributed by atoms with E-state index < -0.39 is 0 Å². The molecule has 0 atom stereocenters. The number of methoxy groups -OCH3 is 1. The molecule has 0 saturated carbocycles. The van der Waals surface area contributed by atoms with Crippen LogP contribution in [0.5, 0.6) is 11.5 Å². The second kappa shape index (κ2) is 8.81. The molecule has 1 rings (SSSR count). The van der Waals surface area contributed by atoms with E-state index >= 15 is 0 Å². The van der Waals surface area contributed by atoms with Gasteiger partial charge in [0.2, 0.25) is 0 Å². The maximum absolute atomic E-state index is 5.76. The average molecular weight is 380 g/mol. The summed E-state index contributed by atoms with van der Waals surface area (Å²) in [6.07, 6.45) is 6.24. The number of halogens is 2. The predicted octanol–water partition coefficient (Wildman–Crippen LogP) is 5.57. The van der Waals surface area contributed by atoms with Crippen LogP contribution in [-0.2, 0) is 0 Å². The molecular formula is C14H20Br2O2. The zero-order valence-electron chi connectivity index (χ0n) is 11.0. The Morgan fingerprint density at radius 2 is 1.56 bits per heavy atom. The first-order chi connectivity index (χ1) is 8.69. The van der Waals surface area contributed by atoms with Gasteiger partial charge in [0.25, 0.3) is 0 Å². The normalized spacial score (nSPS) is 10.4. The van der Waals surface area contributed by atoms with Crippen LogP contribution in [0.2, 0.25) is 0 Å². The highest BCUT2D eigenvalue weighted by Gasteiger charge is 2.07. The summed E-state index contributed by atoms with van der Waals surface area (Å²) in [6, 6.07) is 3.85. The number of hydrogen-bond acceptors (Lipinski definition) is 2. The minimum absolute atomic E-state index is 0.765. The third kappa shape index (κ3) is 5.19. The Morgan fingerprint density at radius 3 is 2.22 bits per heavy atom. The van der Waals surface area contributed by atoms with Crippen LogP contribution in [0.4, 0.5) is 0 Å². The Hall–Kier alpha value is -0.220. The van der Waals surface area contributed by atoms with Crippen molar-refractivity contribution < 1.29 is 9.47 Å². The molecule has 0 aliphatic rings. The minimum atomic E-state index is 0.765. The van der Waals surface area contributed by atoms with Gasteiger partial charge in [-0.25, -0.2) is 0 Å². The van der Waals surface area contributed by atoms with Crippen molar-refractivity contribution in [3.05, 3.63) is 21.1 Å². The Bertz CT molecular complexity index is 367. The van der Waals surface area contributed by atoms with Gasteiger partial charge in [0.05, 0.1) is 22.7 Å². The first kappa shape index (κ1) is 15.8. The van der Waals surface area contributed by atoms with E-state index in [0.29, 0.717) is 0 Å². The minimum Gasteiger partial charge on any atom is -0.496 e. The molecule has 0 aliphatic carbocycles. The average Bonchev–Trinajstić information content (AvgIpc) is 2.37. The zero-order chi connectivity index (χ0) is 13.4. The molecular weight excluding hydrogens is 360 g/mol. The van der Waals surface area contributed by atoms with Gasteiger partial charge in [0.15, 0.2) is 0 Å². The van der Waals surface area contributed by atoms with Gasteiger partial charge < -0.3 is 9.47 Å². The summed E-state index contributed by atoms with van der Waals surface area (Å²) in [6.45, 7) is 2.99.